The number of fused-ring (bicyclic) bond motifs is 1. The Morgan fingerprint density at radius 2 is 2.14 bits per heavy atom. The lowest BCUT2D eigenvalue weighted by atomic mass is 10.0. The van der Waals surface area contributed by atoms with E-state index in [0.29, 0.717) is 16.9 Å². The molecule has 1 heterocycles. The van der Waals surface area contributed by atoms with Crippen LogP contribution >= 0.6 is 0 Å². The van der Waals surface area contributed by atoms with Gasteiger partial charge in [-0.05, 0) is 39.6 Å². The number of rotatable bonds is 6. The predicted molar refractivity (Wildman–Crippen MR) is 87.8 cm³/mol. The Morgan fingerprint density at radius 3 is 2.77 bits per heavy atom. The van der Waals surface area contributed by atoms with Crippen molar-refractivity contribution in [3.8, 4) is 0 Å². The first-order valence-corrected chi connectivity index (χ1v) is 7.55. The molecule has 22 heavy (non-hydrogen) atoms. The Hall–Kier alpha value is -1.95. The molecule has 0 saturated heterocycles. The Kier molecular flexibility index (Phi) is 5.13. The molecule has 0 amide bonds. The highest BCUT2D eigenvalue weighted by Crippen LogP contribution is 2.15. The number of nitrogens with zero attached hydrogens (tertiary/aromatic N) is 2. The summed E-state index contributed by atoms with van der Waals surface area (Å²) in [7, 11) is 4.03. The Balaban J connectivity index is 2.35. The minimum Gasteiger partial charge on any atom is -0.351 e. The molecule has 0 aliphatic rings. The molecule has 2 rings (SSSR count). The van der Waals surface area contributed by atoms with E-state index in [2.05, 4.69) is 34.0 Å². The monoisotopic (exact) mass is 306 g/mol. The standard InChI is InChI=1S/C16H23FN4O/c1-5-6-13(10(2)21(3)4)18-16-19-14-9-11(17)7-8-12(14)15(22)20-16/h7-10,13H,5-6H2,1-4H3,(H2,18,19,20,22)/t10?,13-/m1/s1. The van der Waals surface area contributed by atoms with Gasteiger partial charge in [0.25, 0.3) is 5.56 Å². The first-order chi connectivity index (χ1) is 10.4. The maximum absolute atomic E-state index is 13.3. The van der Waals surface area contributed by atoms with Gasteiger partial charge in [-0.25, -0.2) is 9.37 Å². The molecule has 1 aromatic carbocycles. The number of anilines is 1. The van der Waals surface area contributed by atoms with Crippen molar-refractivity contribution in [2.24, 2.45) is 0 Å². The summed E-state index contributed by atoms with van der Waals surface area (Å²) in [5, 5.41) is 3.67. The molecule has 0 aliphatic heterocycles. The molecule has 1 unspecified atom stereocenters. The summed E-state index contributed by atoms with van der Waals surface area (Å²) >= 11 is 0. The van der Waals surface area contributed by atoms with Crippen molar-refractivity contribution in [3.63, 3.8) is 0 Å². The summed E-state index contributed by atoms with van der Waals surface area (Å²) < 4.78 is 13.3. The van der Waals surface area contributed by atoms with Gasteiger partial charge in [-0.1, -0.05) is 13.3 Å². The van der Waals surface area contributed by atoms with Crippen LogP contribution in [0, 0.1) is 5.82 Å². The molecule has 0 radical (unpaired) electrons. The molecule has 0 bridgehead atoms. The van der Waals surface area contributed by atoms with E-state index in [9.17, 15) is 9.18 Å². The number of H-pyrrole nitrogens is 1. The lowest BCUT2D eigenvalue weighted by Gasteiger charge is -2.30. The molecule has 0 fully saturated rings. The number of aromatic amines is 1. The highest BCUT2D eigenvalue weighted by atomic mass is 19.1. The normalized spacial score (nSPS) is 14.3. The van der Waals surface area contributed by atoms with Gasteiger partial charge < -0.3 is 10.2 Å². The van der Waals surface area contributed by atoms with E-state index < -0.39 is 5.82 Å². The summed E-state index contributed by atoms with van der Waals surface area (Å²) in [6.45, 7) is 4.23. The molecule has 6 heteroatoms. The SMILES string of the molecule is CCC[C@@H](Nc1nc2cc(F)ccc2c(=O)[nH]1)C(C)N(C)C. The summed E-state index contributed by atoms with van der Waals surface area (Å²) in [4.78, 5) is 21.3. The van der Waals surface area contributed by atoms with Gasteiger partial charge in [0.1, 0.15) is 5.82 Å². The van der Waals surface area contributed by atoms with E-state index in [1.54, 1.807) is 0 Å². The fraction of sp³-hybridized carbons (Fsp3) is 0.500. The van der Waals surface area contributed by atoms with Crippen LogP contribution in [0.3, 0.4) is 0 Å². The molecule has 0 aliphatic carbocycles. The van der Waals surface area contributed by atoms with Crippen LogP contribution in [0.4, 0.5) is 10.3 Å². The summed E-state index contributed by atoms with van der Waals surface area (Å²) in [6, 6.07) is 4.41. The van der Waals surface area contributed by atoms with Gasteiger partial charge in [-0.3, -0.25) is 9.78 Å². The van der Waals surface area contributed by atoms with E-state index in [0.717, 1.165) is 12.8 Å². The van der Waals surface area contributed by atoms with Crippen molar-refractivity contribution in [1.29, 1.82) is 0 Å². The number of hydrogen-bond donors (Lipinski definition) is 2. The van der Waals surface area contributed by atoms with Gasteiger partial charge >= 0.3 is 0 Å². The number of halogens is 1. The minimum atomic E-state index is -0.400. The fourth-order valence-corrected chi connectivity index (χ4v) is 2.46. The van der Waals surface area contributed by atoms with Crippen molar-refractivity contribution < 1.29 is 4.39 Å². The molecule has 0 saturated carbocycles. The second-order valence-electron chi connectivity index (χ2n) is 5.82. The first-order valence-electron chi connectivity index (χ1n) is 7.55. The van der Waals surface area contributed by atoms with Crippen LogP contribution in [0.15, 0.2) is 23.0 Å². The van der Waals surface area contributed by atoms with Crippen LogP contribution in [0.5, 0.6) is 0 Å². The van der Waals surface area contributed by atoms with E-state index in [1.165, 1.54) is 18.2 Å². The molecular formula is C16H23FN4O. The van der Waals surface area contributed by atoms with E-state index >= 15 is 0 Å². The smallest absolute Gasteiger partial charge is 0.260 e. The molecule has 0 spiro atoms. The van der Waals surface area contributed by atoms with Crippen LogP contribution < -0.4 is 10.9 Å². The third-order valence-electron chi connectivity index (χ3n) is 3.99. The van der Waals surface area contributed by atoms with Crippen molar-refractivity contribution in [2.45, 2.75) is 38.8 Å². The quantitative estimate of drug-likeness (QED) is 0.861. The predicted octanol–water partition coefficient (Wildman–Crippen LogP) is 2.59. The van der Waals surface area contributed by atoms with Gasteiger partial charge in [-0.15, -0.1) is 0 Å². The topological polar surface area (TPSA) is 61.0 Å². The molecular weight excluding hydrogens is 283 g/mol. The first kappa shape index (κ1) is 16.4. The van der Waals surface area contributed by atoms with Crippen LogP contribution in [-0.4, -0.2) is 41.0 Å². The largest absolute Gasteiger partial charge is 0.351 e. The lowest BCUT2D eigenvalue weighted by molar-refractivity contribution is 0.274. The molecule has 5 nitrogen and oxygen atoms in total. The van der Waals surface area contributed by atoms with Crippen LogP contribution in [0.1, 0.15) is 26.7 Å². The number of nitrogens with one attached hydrogen (secondary N) is 2. The van der Waals surface area contributed by atoms with Crippen LogP contribution in [-0.2, 0) is 0 Å². The molecule has 120 valence electrons. The average Bonchev–Trinajstić information content (AvgIpc) is 2.45. The van der Waals surface area contributed by atoms with Crippen molar-refractivity contribution in [1.82, 2.24) is 14.9 Å². The van der Waals surface area contributed by atoms with Crippen molar-refractivity contribution in [2.75, 3.05) is 19.4 Å². The van der Waals surface area contributed by atoms with Crippen LogP contribution in [0.25, 0.3) is 10.9 Å². The van der Waals surface area contributed by atoms with Gasteiger partial charge in [0.2, 0.25) is 5.95 Å². The molecule has 2 aromatic rings. The number of hydrogen-bond acceptors (Lipinski definition) is 4. The summed E-state index contributed by atoms with van der Waals surface area (Å²) in [5.74, 6) is -0.0152. The highest BCUT2D eigenvalue weighted by molar-refractivity contribution is 5.78. The number of likely N-dealkylation sites (N-methyl/N-ethyl adjacent to an activating group) is 1. The zero-order chi connectivity index (χ0) is 16.3. The van der Waals surface area contributed by atoms with Gasteiger partial charge in [0, 0.05) is 18.2 Å². The Bertz CT molecular complexity index is 698. The molecule has 2 atom stereocenters. The van der Waals surface area contributed by atoms with Gasteiger partial charge in [0.05, 0.1) is 10.9 Å². The third-order valence-corrected chi connectivity index (χ3v) is 3.99. The third kappa shape index (κ3) is 3.62. The maximum atomic E-state index is 13.3. The van der Waals surface area contributed by atoms with Crippen LogP contribution in [0.2, 0.25) is 0 Å². The zero-order valence-corrected chi connectivity index (χ0v) is 13.5. The highest BCUT2D eigenvalue weighted by Gasteiger charge is 2.19. The minimum absolute atomic E-state index is 0.147. The summed E-state index contributed by atoms with van der Waals surface area (Å²) in [6.07, 6.45) is 1.96. The Morgan fingerprint density at radius 1 is 1.41 bits per heavy atom. The molecule has 2 N–H and O–H groups in total. The molecule has 1 aromatic heterocycles. The lowest BCUT2D eigenvalue weighted by Crippen LogP contribution is -2.41. The Labute approximate surface area is 129 Å². The number of aromatic nitrogens is 2. The zero-order valence-electron chi connectivity index (χ0n) is 13.5. The average molecular weight is 306 g/mol. The van der Waals surface area contributed by atoms with Gasteiger partial charge in [-0.2, -0.15) is 0 Å². The van der Waals surface area contributed by atoms with Gasteiger partial charge in [0.15, 0.2) is 0 Å². The summed E-state index contributed by atoms with van der Waals surface area (Å²) in [5.41, 5.74) is 0.0965. The fourth-order valence-electron chi connectivity index (χ4n) is 2.46. The second kappa shape index (κ2) is 6.87. The number of benzene rings is 1. The van der Waals surface area contributed by atoms with Crippen molar-refractivity contribution >= 4 is 16.9 Å². The van der Waals surface area contributed by atoms with E-state index in [1.807, 2.05) is 14.1 Å². The van der Waals surface area contributed by atoms with E-state index in [-0.39, 0.29) is 17.6 Å². The maximum Gasteiger partial charge on any atom is 0.260 e. The second-order valence-corrected chi connectivity index (χ2v) is 5.82. The van der Waals surface area contributed by atoms with Crippen molar-refractivity contribution in [3.05, 3.63) is 34.4 Å². The van der Waals surface area contributed by atoms with E-state index in [4.69, 9.17) is 0 Å².